The van der Waals surface area contributed by atoms with Crippen LogP contribution in [0.4, 0.5) is 0 Å². The zero-order valence-corrected chi connectivity index (χ0v) is 9.62. The van der Waals surface area contributed by atoms with Crippen LogP contribution in [0, 0.1) is 6.92 Å². The van der Waals surface area contributed by atoms with Gasteiger partial charge in [-0.25, -0.2) is 0 Å². The van der Waals surface area contributed by atoms with Gasteiger partial charge in [0.1, 0.15) is 5.75 Å². The number of aromatic nitrogens is 1. The maximum atomic E-state index is 5.61. The lowest BCUT2D eigenvalue weighted by atomic mass is 10.3. The summed E-state index contributed by atoms with van der Waals surface area (Å²) in [5.41, 5.74) is 0.957. The van der Waals surface area contributed by atoms with Crippen molar-refractivity contribution < 1.29 is 4.74 Å². The molecular formula is C12H20N2O. The maximum Gasteiger partial charge on any atom is 0.140 e. The predicted molar refractivity (Wildman–Crippen MR) is 62.2 cm³/mol. The maximum absolute atomic E-state index is 5.61. The van der Waals surface area contributed by atoms with Gasteiger partial charge in [0.2, 0.25) is 0 Å². The standard InChI is InChI=1S/C12H20N2O/c1-3-7-13-8-5-10-15-12-6-4-9-14-11(12)2/h4,6,9,13H,3,5,7-8,10H2,1-2H3. The van der Waals surface area contributed by atoms with Gasteiger partial charge in [0.15, 0.2) is 0 Å². The lowest BCUT2D eigenvalue weighted by molar-refractivity contribution is 0.305. The fraction of sp³-hybridized carbons (Fsp3) is 0.583. The van der Waals surface area contributed by atoms with E-state index in [1.807, 2.05) is 19.1 Å². The molecule has 0 atom stereocenters. The lowest BCUT2D eigenvalue weighted by Crippen LogP contribution is -2.18. The number of aryl methyl sites for hydroxylation is 1. The molecule has 0 fully saturated rings. The number of hydrogen-bond donors (Lipinski definition) is 1. The highest BCUT2D eigenvalue weighted by Gasteiger charge is 1.97. The van der Waals surface area contributed by atoms with E-state index in [4.69, 9.17) is 4.74 Å². The van der Waals surface area contributed by atoms with Crippen molar-refractivity contribution >= 4 is 0 Å². The Labute approximate surface area is 91.9 Å². The van der Waals surface area contributed by atoms with Crippen LogP contribution in [0.15, 0.2) is 18.3 Å². The highest BCUT2D eigenvalue weighted by Crippen LogP contribution is 2.13. The van der Waals surface area contributed by atoms with Gasteiger partial charge in [0.05, 0.1) is 12.3 Å². The Hall–Kier alpha value is -1.09. The summed E-state index contributed by atoms with van der Waals surface area (Å²) in [6.45, 7) is 7.00. The second-order valence-electron chi connectivity index (χ2n) is 3.54. The van der Waals surface area contributed by atoms with Crippen molar-refractivity contribution in [2.45, 2.75) is 26.7 Å². The van der Waals surface area contributed by atoms with Crippen LogP contribution in [0.2, 0.25) is 0 Å². The quantitative estimate of drug-likeness (QED) is 0.697. The fourth-order valence-electron chi connectivity index (χ4n) is 1.30. The Balaban J connectivity index is 2.12. The third-order valence-electron chi connectivity index (χ3n) is 2.14. The van der Waals surface area contributed by atoms with Crippen LogP contribution >= 0.6 is 0 Å². The van der Waals surface area contributed by atoms with Crippen LogP contribution in [0.1, 0.15) is 25.5 Å². The van der Waals surface area contributed by atoms with Gasteiger partial charge in [0, 0.05) is 6.20 Å². The zero-order valence-electron chi connectivity index (χ0n) is 9.62. The molecule has 3 nitrogen and oxygen atoms in total. The van der Waals surface area contributed by atoms with Crippen LogP contribution in [-0.2, 0) is 0 Å². The van der Waals surface area contributed by atoms with Crippen molar-refractivity contribution in [3.63, 3.8) is 0 Å². The van der Waals surface area contributed by atoms with Crippen LogP contribution in [0.25, 0.3) is 0 Å². The Kier molecular flexibility index (Phi) is 5.78. The Bertz CT molecular complexity index is 276. The van der Waals surface area contributed by atoms with E-state index >= 15 is 0 Å². The van der Waals surface area contributed by atoms with E-state index in [1.54, 1.807) is 6.20 Å². The van der Waals surface area contributed by atoms with E-state index in [-0.39, 0.29) is 0 Å². The normalized spacial score (nSPS) is 10.3. The summed E-state index contributed by atoms with van der Waals surface area (Å²) in [5, 5.41) is 3.34. The van der Waals surface area contributed by atoms with Gasteiger partial charge in [-0.1, -0.05) is 6.92 Å². The lowest BCUT2D eigenvalue weighted by Gasteiger charge is -2.08. The molecule has 1 heterocycles. The van der Waals surface area contributed by atoms with E-state index in [9.17, 15) is 0 Å². The number of hydrogen-bond acceptors (Lipinski definition) is 3. The molecule has 1 N–H and O–H groups in total. The summed E-state index contributed by atoms with van der Waals surface area (Å²) in [6, 6.07) is 3.86. The fourth-order valence-corrected chi connectivity index (χ4v) is 1.30. The number of nitrogens with one attached hydrogen (secondary N) is 1. The molecule has 0 saturated heterocycles. The van der Waals surface area contributed by atoms with E-state index in [0.29, 0.717) is 0 Å². The average molecular weight is 208 g/mol. The molecule has 0 aliphatic heterocycles. The van der Waals surface area contributed by atoms with E-state index < -0.39 is 0 Å². The summed E-state index contributed by atoms with van der Waals surface area (Å²) in [5.74, 6) is 0.896. The zero-order chi connectivity index (χ0) is 10.9. The van der Waals surface area contributed by atoms with Crippen molar-refractivity contribution in [2.75, 3.05) is 19.7 Å². The minimum Gasteiger partial charge on any atom is -0.492 e. The first-order valence-corrected chi connectivity index (χ1v) is 5.59. The first-order valence-electron chi connectivity index (χ1n) is 5.59. The second kappa shape index (κ2) is 7.23. The molecule has 0 aliphatic carbocycles. The predicted octanol–water partition coefficient (Wildman–Crippen LogP) is 2.16. The number of nitrogens with zero attached hydrogens (tertiary/aromatic N) is 1. The first-order chi connectivity index (χ1) is 7.34. The summed E-state index contributed by atoms with van der Waals surface area (Å²) < 4.78 is 5.61. The van der Waals surface area contributed by atoms with Crippen molar-refractivity contribution in [1.82, 2.24) is 10.3 Å². The van der Waals surface area contributed by atoms with Gasteiger partial charge in [0.25, 0.3) is 0 Å². The minimum absolute atomic E-state index is 0.753. The molecule has 1 aromatic heterocycles. The Morgan fingerprint density at radius 3 is 3.00 bits per heavy atom. The van der Waals surface area contributed by atoms with E-state index in [2.05, 4.69) is 17.2 Å². The highest BCUT2D eigenvalue weighted by molar-refractivity contribution is 5.25. The van der Waals surface area contributed by atoms with Gasteiger partial charge in [-0.05, 0) is 45.0 Å². The summed E-state index contributed by atoms with van der Waals surface area (Å²) in [7, 11) is 0. The molecule has 0 aliphatic rings. The van der Waals surface area contributed by atoms with Gasteiger partial charge >= 0.3 is 0 Å². The second-order valence-corrected chi connectivity index (χ2v) is 3.54. The van der Waals surface area contributed by atoms with Crippen molar-refractivity contribution in [3.8, 4) is 5.75 Å². The summed E-state index contributed by atoms with van der Waals surface area (Å²) >= 11 is 0. The van der Waals surface area contributed by atoms with Crippen molar-refractivity contribution in [2.24, 2.45) is 0 Å². The topological polar surface area (TPSA) is 34.1 Å². The summed E-state index contributed by atoms with van der Waals surface area (Å²) in [6.07, 6.45) is 4.00. The molecule has 0 radical (unpaired) electrons. The molecule has 0 aromatic carbocycles. The van der Waals surface area contributed by atoms with Crippen LogP contribution in [0.5, 0.6) is 5.75 Å². The van der Waals surface area contributed by atoms with Crippen molar-refractivity contribution in [3.05, 3.63) is 24.0 Å². The largest absolute Gasteiger partial charge is 0.492 e. The molecule has 15 heavy (non-hydrogen) atoms. The van der Waals surface area contributed by atoms with Crippen LogP contribution < -0.4 is 10.1 Å². The molecule has 84 valence electrons. The SMILES string of the molecule is CCCNCCCOc1cccnc1C. The molecule has 0 spiro atoms. The highest BCUT2D eigenvalue weighted by atomic mass is 16.5. The van der Waals surface area contributed by atoms with Crippen LogP contribution in [0.3, 0.4) is 0 Å². The summed E-state index contributed by atoms with van der Waals surface area (Å²) in [4.78, 5) is 4.17. The number of rotatable bonds is 7. The molecule has 1 rings (SSSR count). The van der Waals surface area contributed by atoms with E-state index in [0.717, 1.165) is 37.6 Å². The molecule has 0 bridgehead atoms. The molecule has 0 unspecified atom stereocenters. The van der Waals surface area contributed by atoms with Gasteiger partial charge in [-0.2, -0.15) is 0 Å². The molecule has 1 aromatic rings. The van der Waals surface area contributed by atoms with Gasteiger partial charge < -0.3 is 10.1 Å². The smallest absolute Gasteiger partial charge is 0.140 e. The third-order valence-corrected chi connectivity index (χ3v) is 2.14. The molecular weight excluding hydrogens is 188 g/mol. The third kappa shape index (κ3) is 4.79. The first kappa shape index (κ1) is 12.0. The average Bonchev–Trinajstić information content (AvgIpc) is 2.25. The number of ether oxygens (including phenoxy) is 1. The van der Waals surface area contributed by atoms with Gasteiger partial charge in [-0.15, -0.1) is 0 Å². The number of pyridine rings is 1. The van der Waals surface area contributed by atoms with E-state index in [1.165, 1.54) is 6.42 Å². The Morgan fingerprint density at radius 1 is 1.40 bits per heavy atom. The molecule has 0 amide bonds. The van der Waals surface area contributed by atoms with Gasteiger partial charge in [-0.3, -0.25) is 4.98 Å². The molecule has 0 saturated carbocycles. The molecule has 3 heteroatoms. The van der Waals surface area contributed by atoms with Crippen molar-refractivity contribution in [1.29, 1.82) is 0 Å². The monoisotopic (exact) mass is 208 g/mol. The Morgan fingerprint density at radius 2 is 2.27 bits per heavy atom. The van der Waals surface area contributed by atoms with Crippen LogP contribution in [-0.4, -0.2) is 24.7 Å². The minimum atomic E-state index is 0.753.